The van der Waals surface area contributed by atoms with Crippen molar-refractivity contribution >= 4 is 50.0 Å². The summed E-state index contributed by atoms with van der Waals surface area (Å²) in [5.74, 6) is -0.644. The van der Waals surface area contributed by atoms with Crippen molar-refractivity contribution in [2.45, 2.75) is 9.79 Å². The van der Waals surface area contributed by atoms with Gasteiger partial charge in [0.05, 0.1) is 10.6 Å². The van der Waals surface area contributed by atoms with Gasteiger partial charge < -0.3 is 17.2 Å². The van der Waals surface area contributed by atoms with Crippen LogP contribution in [0.2, 0.25) is 0 Å². The van der Waals surface area contributed by atoms with E-state index in [2.05, 4.69) is 9.98 Å². The van der Waals surface area contributed by atoms with E-state index in [0.29, 0.717) is 5.56 Å². The molecule has 0 spiro atoms. The third-order valence-electron chi connectivity index (χ3n) is 3.40. The average molecular weight is 439 g/mol. The number of nitrogens with two attached hydrogens (primary N) is 3. The van der Waals surface area contributed by atoms with E-state index in [0.717, 1.165) is 6.07 Å². The minimum atomic E-state index is -4.60. The summed E-state index contributed by atoms with van der Waals surface area (Å²) in [5, 5.41) is 0. The maximum Gasteiger partial charge on any atom is 0.295 e. The van der Waals surface area contributed by atoms with E-state index in [-0.39, 0.29) is 28.1 Å². The van der Waals surface area contributed by atoms with Crippen molar-refractivity contribution in [3.05, 3.63) is 53.6 Å². The fourth-order valence-electron chi connectivity index (χ4n) is 2.18. The van der Waals surface area contributed by atoms with Crippen LogP contribution >= 0.6 is 0 Å². The van der Waals surface area contributed by atoms with Crippen LogP contribution < -0.4 is 17.2 Å². The van der Waals surface area contributed by atoms with Gasteiger partial charge in [0.1, 0.15) is 4.90 Å². The van der Waals surface area contributed by atoms with Gasteiger partial charge in [-0.2, -0.15) is 21.8 Å². The van der Waals surface area contributed by atoms with Crippen molar-refractivity contribution in [2.24, 2.45) is 27.2 Å². The highest BCUT2D eigenvalue weighted by atomic mass is 32.2. The van der Waals surface area contributed by atoms with Crippen molar-refractivity contribution in [1.29, 1.82) is 0 Å². The zero-order chi connectivity index (χ0) is 21.8. The highest BCUT2D eigenvalue weighted by molar-refractivity contribution is 7.86. The van der Waals surface area contributed by atoms with E-state index < -0.39 is 25.1 Å². The molecule has 0 aromatic heterocycles. The van der Waals surface area contributed by atoms with Gasteiger partial charge in [-0.1, -0.05) is 30.4 Å². The first-order valence-corrected chi connectivity index (χ1v) is 10.6. The third-order valence-corrected chi connectivity index (χ3v) is 5.17. The molecule has 0 aliphatic carbocycles. The average Bonchev–Trinajstić information content (AvgIpc) is 2.58. The first-order valence-electron chi connectivity index (χ1n) is 7.67. The monoisotopic (exact) mass is 439 g/mol. The molecule has 0 atom stereocenters. The predicted molar refractivity (Wildman–Crippen MR) is 109 cm³/mol. The van der Waals surface area contributed by atoms with Crippen LogP contribution in [-0.4, -0.2) is 37.9 Å². The molecule has 0 unspecified atom stereocenters. The molecule has 0 amide bonds. The molecule has 0 saturated carbocycles. The number of nitrogens with zero attached hydrogens (tertiary/aromatic N) is 2. The predicted octanol–water partition coefficient (Wildman–Crippen LogP) is 0.570. The molecule has 0 aliphatic rings. The molecule has 0 heterocycles. The SMILES string of the molecule is NC(N)=NC(N)=Nc1ccc(C=Cc2ccc(S(=O)(=O)O)cc2)c(S(=O)(=O)O)c1. The molecular weight excluding hydrogens is 422 g/mol. The van der Waals surface area contributed by atoms with Crippen molar-refractivity contribution in [3.8, 4) is 0 Å². The first-order chi connectivity index (χ1) is 13.4. The zero-order valence-corrected chi connectivity index (χ0v) is 16.3. The lowest BCUT2D eigenvalue weighted by atomic mass is 10.1. The largest absolute Gasteiger partial charge is 0.370 e. The number of guanidine groups is 2. The Morgan fingerprint density at radius 1 is 0.862 bits per heavy atom. The second-order valence-electron chi connectivity index (χ2n) is 5.58. The normalized spacial score (nSPS) is 12.8. The third kappa shape index (κ3) is 6.39. The van der Waals surface area contributed by atoms with Gasteiger partial charge in [0.15, 0.2) is 5.96 Å². The summed E-state index contributed by atoms with van der Waals surface area (Å²) in [6.07, 6.45) is 2.87. The van der Waals surface area contributed by atoms with Crippen LogP contribution in [0.1, 0.15) is 11.1 Å². The molecule has 2 aromatic rings. The maximum absolute atomic E-state index is 11.7. The molecule has 0 saturated heterocycles. The van der Waals surface area contributed by atoms with E-state index in [1.165, 1.54) is 48.6 Å². The lowest BCUT2D eigenvalue weighted by molar-refractivity contribution is 0.481. The summed E-state index contributed by atoms with van der Waals surface area (Å²) in [6, 6.07) is 9.04. The molecule has 2 aromatic carbocycles. The van der Waals surface area contributed by atoms with Gasteiger partial charge in [-0.25, -0.2) is 4.99 Å². The molecule has 2 rings (SSSR count). The Labute approximate surface area is 166 Å². The standard InChI is InChI=1S/C16H17N5O6S2/c17-15(18)21-16(19)20-12-6-5-11(14(9-12)29(25,26)27)4-1-10-2-7-13(8-3-10)28(22,23)24/h1-9H,(H,22,23,24)(H,25,26,27)(H6,17,18,19,20,21). The zero-order valence-electron chi connectivity index (χ0n) is 14.7. The second kappa shape index (κ2) is 8.40. The topological polar surface area (TPSA) is 212 Å². The van der Waals surface area contributed by atoms with E-state index in [9.17, 15) is 21.4 Å². The molecule has 29 heavy (non-hydrogen) atoms. The van der Waals surface area contributed by atoms with Crippen LogP contribution in [0.15, 0.2) is 62.2 Å². The van der Waals surface area contributed by atoms with Gasteiger partial charge in [0.25, 0.3) is 20.2 Å². The van der Waals surface area contributed by atoms with E-state index in [1.54, 1.807) is 0 Å². The van der Waals surface area contributed by atoms with Crippen molar-refractivity contribution in [1.82, 2.24) is 0 Å². The second-order valence-corrected chi connectivity index (χ2v) is 8.39. The molecule has 13 heteroatoms. The van der Waals surface area contributed by atoms with Crippen molar-refractivity contribution < 1.29 is 25.9 Å². The van der Waals surface area contributed by atoms with Crippen LogP contribution in [0.5, 0.6) is 0 Å². The Kier molecular flexibility index (Phi) is 6.38. The van der Waals surface area contributed by atoms with Crippen LogP contribution in [0, 0.1) is 0 Å². The van der Waals surface area contributed by atoms with Gasteiger partial charge >= 0.3 is 0 Å². The summed E-state index contributed by atoms with van der Waals surface area (Å²) in [5.41, 5.74) is 16.6. The Hall–Kier alpha value is -3.26. The van der Waals surface area contributed by atoms with Gasteiger partial charge in [0, 0.05) is 0 Å². The van der Waals surface area contributed by atoms with Gasteiger partial charge in [0.2, 0.25) is 5.96 Å². The summed E-state index contributed by atoms with van der Waals surface area (Å²) >= 11 is 0. The summed E-state index contributed by atoms with van der Waals surface area (Å²) in [6.45, 7) is 0. The van der Waals surface area contributed by atoms with Crippen LogP contribution in [-0.2, 0) is 20.2 Å². The highest BCUT2D eigenvalue weighted by Crippen LogP contribution is 2.25. The summed E-state index contributed by atoms with van der Waals surface area (Å²) < 4.78 is 64.0. The summed E-state index contributed by atoms with van der Waals surface area (Å²) in [7, 11) is -8.92. The van der Waals surface area contributed by atoms with E-state index in [4.69, 9.17) is 21.8 Å². The van der Waals surface area contributed by atoms with E-state index in [1.807, 2.05) is 0 Å². The summed E-state index contributed by atoms with van der Waals surface area (Å²) in [4.78, 5) is 6.61. The Bertz CT molecular complexity index is 1210. The number of hydrogen-bond donors (Lipinski definition) is 5. The smallest absolute Gasteiger partial charge is 0.295 e. The minimum Gasteiger partial charge on any atom is -0.370 e. The lowest BCUT2D eigenvalue weighted by Gasteiger charge is -2.05. The molecule has 154 valence electrons. The van der Waals surface area contributed by atoms with Gasteiger partial charge in [-0.15, -0.1) is 0 Å². The van der Waals surface area contributed by atoms with Crippen LogP contribution in [0.25, 0.3) is 12.2 Å². The Morgan fingerprint density at radius 2 is 1.48 bits per heavy atom. The first kappa shape index (κ1) is 22.0. The van der Waals surface area contributed by atoms with Gasteiger partial charge in [-0.05, 0) is 35.4 Å². The maximum atomic E-state index is 11.7. The molecule has 0 radical (unpaired) electrons. The Balaban J connectivity index is 2.42. The minimum absolute atomic E-state index is 0.0785. The highest BCUT2D eigenvalue weighted by Gasteiger charge is 2.15. The number of aliphatic imine (C=N–C) groups is 2. The lowest BCUT2D eigenvalue weighted by Crippen LogP contribution is -2.26. The molecule has 0 bridgehead atoms. The number of rotatable bonds is 5. The number of benzene rings is 2. The fraction of sp³-hybridized carbons (Fsp3) is 0. The fourth-order valence-corrected chi connectivity index (χ4v) is 3.36. The quantitative estimate of drug-likeness (QED) is 0.190. The van der Waals surface area contributed by atoms with E-state index >= 15 is 0 Å². The van der Waals surface area contributed by atoms with Crippen LogP contribution in [0.3, 0.4) is 0 Å². The molecule has 8 N–H and O–H groups in total. The van der Waals surface area contributed by atoms with Gasteiger partial charge in [-0.3, -0.25) is 9.11 Å². The number of hydrogen-bond acceptors (Lipinski definition) is 5. The molecule has 0 fully saturated rings. The van der Waals surface area contributed by atoms with Crippen molar-refractivity contribution in [3.63, 3.8) is 0 Å². The molecule has 0 aliphatic heterocycles. The van der Waals surface area contributed by atoms with Crippen LogP contribution in [0.4, 0.5) is 5.69 Å². The Morgan fingerprint density at radius 3 is 2.00 bits per heavy atom. The molecule has 11 nitrogen and oxygen atoms in total. The van der Waals surface area contributed by atoms with Crippen molar-refractivity contribution in [2.75, 3.05) is 0 Å². The molecular formula is C16H17N5O6S2.